The zero-order chi connectivity index (χ0) is 15.2. The van der Waals surface area contributed by atoms with E-state index in [-0.39, 0.29) is 0 Å². The molecule has 5 heteroatoms. The van der Waals surface area contributed by atoms with Crippen molar-refractivity contribution in [3.63, 3.8) is 0 Å². The molecule has 0 aliphatic heterocycles. The molecule has 108 valence electrons. The third kappa shape index (κ3) is 6.19. The van der Waals surface area contributed by atoms with Gasteiger partial charge in [0.05, 0.1) is 5.69 Å². The number of aryl methyl sites for hydroxylation is 1. The van der Waals surface area contributed by atoms with Crippen LogP contribution in [0.1, 0.15) is 38.4 Å². The van der Waals surface area contributed by atoms with Gasteiger partial charge in [0.1, 0.15) is 5.60 Å². The zero-order valence-electron chi connectivity index (χ0n) is 12.2. The SMILES string of the molecule is Cc1nc(F)ccc1C#CCCNC(=O)OC(C)(C)C. The summed E-state index contributed by atoms with van der Waals surface area (Å²) in [6.07, 6.45) is 0.0229. The topological polar surface area (TPSA) is 51.2 Å². The van der Waals surface area contributed by atoms with E-state index < -0.39 is 17.6 Å². The van der Waals surface area contributed by atoms with Crippen LogP contribution in [-0.4, -0.2) is 23.2 Å². The molecule has 0 unspecified atom stereocenters. The van der Waals surface area contributed by atoms with Crippen LogP contribution in [0.3, 0.4) is 0 Å². The third-order valence-electron chi connectivity index (χ3n) is 2.19. The zero-order valence-corrected chi connectivity index (χ0v) is 12.2. The summed E-state index contributed by atoms with van der Waals surface area (Å²) in [6, 6.07) is 2.86. The number of rotatable bonds is 2. The molecule has 1 N–H and O–H groups in total. The molecule has 0 aliphatic rings. The number of alkyl carbamates (subject to hydrolysis) is 1. The normalized spacial score (nSPS) is 10.4. The van der Waals surface area contributed by atoms with Crippen molar-refractivity contribution in [2.45, 2.75) is 39.7 Å². The molecule has 1 heterocycles. The lowest BCUT2D eigenvalue weighted by Gasteiger charge is -2.19. The quantitative estimate of drug-likeness (QED) is 0.514. The van der Waals surface area contributed by atoms with Gasteiger partial charge in [-0.2, -0.15) is 4.39 Å². The van der Waals surface area contributed by atoms with Crippen molar-refractivity contribution < 1.29 is 13.9 Å². The molecule has 1 amide bonds. The van der Waals surface area contributed by atoms with E-state index in [1.54, 1.807) is 33.8 Å². The standard InChI is InChI=1S/C15H19FN2O2/c1-11-12(8-9-13(16)18-11)7-5-6-10-17-14(19)20-15(2,3)4/h8-9H,6,10H2,1-4H3,(H,17,19). The molecule has 0 aromatic carbocycles. The maximum atomic E-state index is 12.8. The van der Waals surface area contributed by atoms with Crippen molar-refractivity contribution in [1.29, 1.82) is 0 Å². The number of nitrogens with zero attached hydrogens (tertiary/aromatic N) is 1. The first kappa shape index (κ1) is 16.0. The van der Waals surface area contributed by atoms with Crippen LogP contribution in [0.2, 0.25) is 0 Å². The molecule has 0 aliphatic carbocycles. The van der Waals surface area contributed by atoms with Crippen LogP contribution in [0.25, 0.3) is 0 Å². The van der Waals surface area contributed by atoms with Gasteiger partial charge in [0.25, 0.3) is 0 Å². The lowest BCUT2D eigenvalue weighted by molar-refractivity contribution is 0.0529. The Balaban J connectivity index is 2.38. The number of nitrogens with one attached hydrogen (secondary N) is 1. The minimum absolute atomic E-state index is 0.398. The Morgan fingerprint density at radius 2 is 2.15 bits per heavy atom. The van der Waals surface area contributed by atoms with Gasteiger partial charge in [0.2, 0.25) is 5.95 Å². The molecule has 0 fully saturated rings. The van der Waals surface area contributed by atoms with Crippen LogP contribution < -0.4 is 5.32 Å². The molecule has 1 aromatic rings. The Bertz CT molecular complexity index is 539. The summed E-state index contributed by atoms with van der Waals surface area (Å²) in [5.74, 6) is 5.27. The molecule has 0 bridgehead atoms. The summed E-state index contributed by atoms with van der Waals surface area (Å²) in [5.41, 5.74) is 0.730. The highest BCUT2D eigenvalue weighted by atomic mass is 19.1. The average molecular weight is 278 g/mol. The molecular formula is C15H19FN2O2. The van der Waals surface area contributed by atoms with E-state index in [1.165, 1.54) is 6.07 Å². The van der Waals surface area contributed by atoms with Crippen LogP contribution in [0.5, 0.6) is 0 Å². The molecule has 0 spiro atoms. The fourth-order valence-corrected chi connectivity index (χ4v) is 1.36. The summed E-state index contributed by atoms with van der Waals surface area (Å²) in [5, 5.41) is 2.61. The molecule has 1 aromatic heterocycles. The molecule has 20 heavy (non-hydrogen) atoms. The van der Waals surface area contributed by atoms with Crippen LogP contribution in [-0.2, 0) is 4.74 Å². The first-order chi connectivity index (χ1) is 9.28. The van der Waals surface area contributed by atoms with Crippen LogP contribution in [0.4, 0.5) is 9.18 Å². The maximum Gasteiger partial charge on any atom is 0.407 e. The Labute approximate surface area is 118 Å². The monoisotopic (exact) mass is 278 g/mol. The van der Waals surface area contributed by atoms with Gasteiger partial charge in [0, 0.05) is 18.5 Å². The number of hydrogen-bond acceptors (Lipinski definition) is 3. The van der Waals surface area contributed by atoms with E-state index >= 15 is 0 Å². The van der Waals surface area contributed by atoms with Crippen LogP contribution in [0, 0.1) is 24.7 Å². The van der Waals surface area contributed by atoms with E-state index in [4.69, 9.17) is 4.74 Å². The molecule has 1 rings (SSSR count). The predicted molar refractivity (Wildman–Crippen MR) is 74.7 cm³/mol. The first-order valence-corrected chi connectivity index (χ1v) is 6.37. The second-order valence-electron chi connectivity index (χ2n) is 5.25. The number of halogens is 1. The highest BCUT2D eigenvalue weighted by Crippen LogP contribution is 2.06. The minimum atomic E-state index is -0.514. The lowest BCUT2D eigenvalue weighted by Crippen LogP contribution is -2.32. The van der Waals surface area contributed by atoms with Gasteiger partial charge in [-0.25, -0.2) is 9.78 Å². The largest absolute Gasteiger partial charge is 0.444 e. The number of hydrogen-bond donors (Lipinski definition) is 1. The van der Waals surface area contributed by atoms with Gasteiger partial charge in [-0.3, -0.25) is 0 Å². The van der Waals surface area contributed by atoms with Gasteiger partial charge in [-0.15, -0.1) is 0 Å². The van der Waals surface area contributed by atoms with E-state index in [1.807, 2.05) is 0 Å². The molecular weight excluding hydrogens is 259 g/mol. The van der Waals surface area contributed by atoms with Crippen molar-refractivity contribution in [3.8, 4) is 11.8 Å². The van der Waals surface area contributed by atoms with Crippen molar-refractivity contribution in [1.82, 2.24) is 10.3 Å². The molecule has 0 saturated carbocycles. The molecule has 0 radical (unpaired) electrons. The fourth-order valence-electron chi connectivity index (χ4n) is 1.36. The molecule has 0 atom stereocenters. The van der Waals surface area contributed by atoms with Crippen molar-refractivity contribution in [2.24, 2.45) is 0 Å². The maximum absolute atomic E-state index is 12.8. The predicted octanol–water partition coefficient (Wildman–Crippen LogP) is 2.80. The minimum Gasteiger partial charge on any atom is -0.444 e. The van der Waals surface area contributed by atoms with Gasteiger partial charge in [-0.1, -0.05) is 11.8 Å². The average Bonchev–Trinajstić information content (AvgIpc) is 2.28. The molecule has 4 nitrogen and oxygen atoms in total. The number of aromatic nitrogens is 1. The van der Waals surface area contributed by atoms with E-state index in [9.17, 15) is 9.18 Å². The van der Waals surface area contributed by atoms with E-state index in [2.05, 4.69) is 22.1 Å². The summed E-state index contributed by atoms with van der Waals surface area (Å²) in [4.78, 5) is 15.0. The second-order valence-corrected chi connectivity index (χ2v) is 5.25. The first-order valence-electron chi connectivity index (χ1n) is 6.37. The number of amides is 1. The van der Waals surface area contributed by atoms with Crippen LogP contribution >= 0.6 is 0 Å². The number of carbonyl (C=O) groups excluding carboxylic acids is 1. The van der Waals surface area contributed by atoms with Crippen molar-refractivity contribution in [3.05, 3.63) is 29.3 Å². The summed E-state index contributed by atoms with van der Waals surface area (Å²) >= 11 is 0. The summed E-state index contributed by atoms with van der Waals surface area (Å²) in [7, 11) is 0. The highest BCUT2D eigenvalue weighted by Gasteiger charge is 2.15. The molecule has 0 saturated heterocycles. The van der Waals surface area contributed by atoms with Gasteiger partial charge in [-0.05, 0) is 39.8 Å². The third-order valence-corrected chi connectivity index (χ3v) is 2.19. The van der Waals surface area contributed by atoms with Crippen molar-refractivity contribution in [2.75, 3.05) is 6.54 Å². The number of pyridine rings is 1. The Morgan fingerprint density at radius 3 is 2.75 bits per heavy atom. The fraction of sp³-hybridized carbons (Fsp3) is 0.467. The van der Waals surface area contributed by atoms with Gasteiger partial charge in [0.15, 0.2) is 0 Å². The highest BCUT2D eigenvalue weighted by molar-refractivity contribution is 5.67. The lowest BCUT2D eigenvalue weighted by atomic mass is 10.2. The number of ether oxygens (including phenoxy) is 1. The number of carbonyl (C=O) groups is 1. The summed E-state index contributed by atoms with van der Waals surface area (Å²) < 4.78 is 17.9. The Morgan fingerprint density at radius 1 is 1.45 bits per heavy atom. The van der Waals surface area contributed by atoms with Crippen molar-refractivity contribution >= 4 is 6.09 Å². The van der Waals surface area contributed by atoms with Gasteiger partial charge >= 0.3 is 6.09 Å². The van der Waals surface area contributed by atoms with E-state index in [0.29, 0.717) is 24.2 Å². The van der Waals surface area contributed by atoms with Gasteiger partial charge < -0.3 is 10.1 Å². The Kier molecular flexibility index (Phi) is 5.51. The van der Waals surface area contributed by atoms with Crippen LogP contribution in [0.15, 0.2) is 12.1 Å². The smallest absolute Gasteiger partial charge is 0.407 e. The Hall–Kier alpha value is -2.09. The summed E-state index contributed by atoms with van der Waals surface area (Å²) in [6.45, 7) is 7.51. The van der Waals surface area contributed by atoms with E-state index in [0.717, 1.165) is 0 Å². The second kappa shape index (κ2) is 6.90.